The van der Waals surface area contributed by atoms with Crippen LogP contribution in [0.4, 0.5) is 5.69 Å². The van der Waals surface area contributed by atoms with Crippen molar-refractivity contribution in [2.45, 2.75) is 20.3 Å². The standard InChI is InChI=1S/C10H13N/c1-4-9-6-5-8(2)7-10(9)11-3/h5-7H,3-4H2,1-2H3. The van der Waals surface area contributed by atoms with Crippen LogP contribution in [0.2, 0.25) is 0 Å². The number of rotatable bonds is 2. The molecule has 1 rings (SSSR count). The minimum atomic E-state index is 1.02. The van der Waals surface area contributed by atoms with Crippen LogP contribution in [0, 0.1) is 6.92 Å². The van der Waals surface area contributed by atoms with Crippen molar-refractivity contribution < 1.29 is 0 Å². The summed E-state index contributed by atoms with van der Waals surface area (Å²) < 4.78 is 0. The number of aryl methyl sites for hydroxylation is 2. The quantitative estimate of drug-likeness (QED) is 0.570. The molecule has 0 N–H and O–H groups in total. The fourth-order valence-corrected chi connectivity index (χ4v) is 1.12. The smallest absolute Gasteiger partial charge is 0.0656 e. The number of benzene rings is 1. The normalized spacial score (nSPS) is 9.64. The molecule has 1 nitrogen and oxygen atoms in total. The van der Waals surface area contributed by atoms with Crippen LogP contribution in [-0.2, 0) is 6.42 Å². The van der Waals surface area contributed by atoms with Crippen LogP contribution in [0.25, 0.3) is 0 Å². The minimum absolute atomic E-state index is 1.02. The zero-order valence-corrected chi connectivity index (χ0v) is 7.09. The van der Waals surface area contributed by atoms with Gasteiger partial charge in [-0.15, -0.1) is 0 Å². The van der Waals surface area contributed by atoms with Crippen LogP contribution in [-0.4, -0.2) is 6.72 Å². The van der Waals surface area contributed by atoms with Gasteiger partial charge in [-0.25, -0.2) is 0 Å². The molecule has 0 heterocycles. The van der Waals surface area contributed by atoms with Gasteiger partial charge in [-0.3, -0.25) is 4.99 Å². The van der Waals surface area contributed by atoms with Crippen LogP contribution >= 0.6 is 0 Å². The van der Waals surface area contributed by atoms with Gasteiger partial charge in [0.15, 0.2) is 0 Å². The molecule has 0 amide bonds. The molecule has 1 aromatic carbocycles. The Balaban J connectivity index is 3.16. The second kappa shape index (κ2) is 3.33. The van der Waals surface area contributed by atoms with Gasteiger partial charge in [-0.05, 0) is 37.3 Å². The summed E-state index contributed by atoms with van der Waals surface area (Å²) in [4.78, 5) is 3.95. The number of nitrogens with zero attached hydrogens (tertiary/aromatic N) is 1. The first kappa shape index (κ1) is 7.99. The highest BCUT2D eigenvalue weighted by Gasteiger charge is 1.96. The van der Waals surface area contributed by atoms with Crippen molar-refractivity contribution in [2.24, 2.45) is 4.99 Å². The Hall–Kier alpha value is -1.11. The molecule has 0 fully saturated rings. The van der Waals surface area contributed by atoms with E-state index in [-0.39, 0.29) is 0 Å². The molecule has 0 spiro atoms. The van der Waals surface area contributed by atoms with E-state index in [0.717, 1.165) is 12.1 Å². The molecule has 0 saturated carbocycles. The summed E-state index contributed by atoms with van der Waals surface area (Å²) in [5.41, 5.74) is 3.53. The van der Waals surface area contributed by atoms with Crippen molar-refractivity contribution in [3.05, 3.63) is 29.3 Å². The van der Waals surface area contributed by atoms with E-state index in [0.29, 0.717) is 0 Å². The van der Waals surface area contributed by atoms with E-state index in [2.05, 4.69) is 43.8 Å². The first-order valence-electron chi connectivity index (χ1n) is 3.84. The average Bonchev–Trinajstić information content (AvgIpc) is 2.04. The lowest BCUT2D eigenvalue weighted by atomic mass is 10.1. The van der Waals surface area contributed by atoms with Gasteiger partial charge in [0.25, 0.3) is 0 Å². The molecular weight excluding hydrogens is 134 g/mol. The average molecular weight is 147 g/mol. The summed E-state index contributed by atoms with van der Waals surface area (Å²) in [6.45, 7) is 7.72. The van der Waals surface area contributed by atoms with E-state index >= 15 is 0 Å². The Labute approximate surface area is 67.8 Å². The Bertz CT molecular complexity index is 264. The zero-order chi connectivity index (χ0) is 8.27. The summed E-state index contributed by atoms with van der Waals surface area (Å²) in [6.07, 6.45) is 1.02. The highest BCUT2D eigenvalue weighted by molar-refractivity contribution is 5.53. The van der Waals surface area contributed by atoms with Gasteiger partial charge >= 0.3 is 0 Å². The summed E-state index contributed by atoms with van der Waals surface area (Å²) in [7, 11) is 0. The lowest BCUT2D eigenvalue weighted by molar-refractivity contribution is 1.13. The Morgan fingerprint density at radius 1 is 1.45 bits per heavy atom. The predicted molar refractivity (Wildman–Crippen MR) is 49.8 cm³/mol. The third kappa shape index (κ3) is 1.67. The maximum Gasteiger partial charge on any atom is 0.0656 e. The van der Waals surface area contributed by atoms with Gasteiger partial charge < -0.3 is 0 Å². The van der Waals surface area contributed by atoms with Crippen molar-refractivity contribution >= 4 is 12.4 Å². The second-order valence-electron chi connectivity index (χ2n) is 2.64. The molecule has 0 unspecified atom stereocenters. The van der Waals surface area contributed by atoms with Gasteiger partial charge in [0, 0.05) is 0 Å². The molecule has 0 saturated heterocycles. The number of hydrogen-bond acceptors (Lipinski definition) is 1. The maximum absolute atomic E-state index is 3.95. The maximum atomic E-state index is 3.95. The van der Waals surface area contributed by atoms with E-state index < -0.39 is 0 Å². The minimum Gasteiger partial charge on any atom is -0.264 e. The summed E-state index contributed by atoms with van der Waals surface area (Å²) >= 11 is 0. The third-order valence-corrected chi connectivity index (χ3v) is 1.79. The van der Waals surface area contributed by atoms with Crippen LogP contribution in [0.3, 0.4) is 0 Å². The highest BCUT2D eigenvalue weighted by Crippen LogP contribution is 2.20. The SMILES string of the molecule is C=Nc1cc(C)ccc1CC. The largest absolute Gasteiger partial charge is 0.264 e. The van der Waals surface area contributed by atoms with Gasteiger partial charge in [0.05, 0.1) is 5.69 Å². The zero-order valence-electron chi connectivity index (χ0n) is 7.09. The van der Waals surface area contributed by atoms with Gasteiger partial charge in [-0.1, -0.05) is 19.1 Å². The first-order chi connectivity index (χ1) is 5.27. The van der Waals surface area contributed by atoms with E-state index in [1.54, 1.807) is 0 Å². The molecule has 0 aliphatic heterocycles. The lowest BCUT2D eigenvalue weighted by Crippen LogP contribution is -1.81. The summed E-state index contributed by atoms with van der Waals surface area (Å²) in [6, 6.07) is 6.28. The van der Waals surface area contributed by atoms with Gasteiger partial charge in [0.1, 0.15) is 0 Å². The van der Waals surface area contributed by atoms with E-state index in [4.69, 9.17) is 0 Å². The predicted octanol–water partition coefficient (Wildman–Crippen LogP) is 2.89. The van der Waals surface area contributed by atoms with Crippen molar-refractivity contribution in [2.75, 3.05) is 0 Å². The van der Waals surface area contributed by atoms with Gasteiger partial charge in [-0.2, -0.15) is 0 Å². The van der Waals surface area contributed by atoms with E-state index in [9.17, 15) is 0 Å². The van der Waals surface area contributed by atoms with Gasteiger partial charge in [0.2, 0.25) is 0 Å². The third-order valence-electron chi connectivity index (χ3n) is 1.79. The number of aliphatic imine (C=N–C) groups is 1. The molecule has 1 heteroatoms. The second-order valence-corrected chi connectivity index (χ2v) is 2.64. The van der Waals surface area contributed by atoms with Crippen molar-refractivity contribution in [1.82, 2.24) is 0 Å². The van der Waals surface area contributed by atoms with Crippen LogP contribution < -0.4 is 0 Å². The summed E-state index contributed by atoms with van der Waals surface area (Å²) in [5, 5.41) is 0. The molecular formula is C10H13N. The Morgan fingerprint density at radius 3 is 2.73 bits per heavy atom. The highest BCUT2D eigenvalue weighted by atomic mass is 14.7. The Morgan fingerprint density at radius 2 is 2.18 bits per heavy atom. The Kier molecular flexibility index (Phi) is 2.42. The van der Waals surface area contributed by atoms with Crippen molar-refractivity contribution in [3.8, 4) is 0 Å². The summed E-state index contributed by atoms with van der Waals surface area (Å²) in [5.74, 6) is 0. The monoisotopic (exact) mass is 147 g/mol. The van der Waals surface area contributed by atoms with Crippen LogP contribution in [0.5, 0.6) is 0 Å². The van der Waals surface area contributed by atoms with Crippen molar-refractivity contribution in [3.63, 3.8) is 0 Å². The molecule has 0 aliphatic rings. The number of hydrogen-bond donors (Lipinski definition) is 0. The first-order valence-corrected chi connectivity index (χ1v) is 3.84. The molecule has 58 valence electrons. The molecule has 0 aliphatic carbocycles. The van der Waals surface area contributed by atoms with Crippen LogP contribution in [0.15, 0.2) is 23.2 Å². The van der Waals surface area contributed by atoms with E-state index in [1.165, 1.54) is 11.1 Å². The molecule has 11 heavy (non-hydrogen) atoms. The fraction of sp³-hybridized carbons (Fsp3) is 0.300. The molecule has 0 radical (unpaired) electrons. The fourth-order valence-electron chi connectivity index (χ4n) is 1.12. The molecule has 0 aromatic heterocycles. The molecule has 0 bridgehead atoms. The van der Waals surface area contributed by atoms with Crippen molar-refractivity contribution in [1.29, 1.82) is 0 Å². The lowest BCUT2D eigenvalue weighted by Gasteiger charge is -2.02. The van der Waals surface area contributed by atoms with Crippen LogP contribution in [0.1, 0.15) is 18.1 Å². The molecule has 0 atom stereocenters. The van der Waals surface area contributed by atoms with E-state index in [1.807, 2.05) is 0 Å². The topological polar surface area (TPSA) is 12.4 Å². The molecule has 1 aromatic rings.